The Bertz CT molecular complexity index is 1010. The maximum absolute atomic E-state index is 5.41. The number of aryl methyl sites for hydroxylation is 1. The number of aromatic amines is 1. The molecule has 0 saturated carbocycles. The van der Waals surface area contributed by atoms with Gasteiger partial charge in [-0.1, -0.05) is 29.8 Å². The van der Waals surface area contributed by atoms with Gasteiger partial charge in [0.2, 0.25) is 10.5 Å². The van der Waals surface area contributed by atoms with Crippen LogP contribution in [-0.4, -0.2) is 42.4 Å². The van der Waals surface area contributed by atoms with Gasteiger partial charge in [0, 0.05) is 5.56 Å². The van der Waals surface area contributed by atoms with Crippen molar-refractivity contribution in [3.05, 3.63) is 52.3 Å². The zero-order valence-electron chi connectivity index (χ0n) is 15.5. The van der Waals surface area contributed by atoms with Crippen molar-refractivity contribution in [2.45, 2.75) is 6.92 Å². The third-order valence-electron chi connectivity index (χ3n) is 3.94. The molecule has 0 radical (unpaired) electrons. The number of rotatable bonds is 6. The minimum Gasteiger partial charge on any atom is -0.493 e. The van der Waals surface area contributed by atoms with Crippen molar-refractivity contribution in [2.75, 3.05) is 21.3 Å². The second-order valence-electron chi connectivity index (χ2n) is 5.74. The SMILES string of the molecule is COc1cc(-c2n[nH]c(=S)n2/N=C/c2cccc(C)c2)cc(OC)c1OC. The number of hydrogen-bond donors (Lipinski definition) is 1. The van der Waals surface area contributed by atoms with E-state index in [-0.39, 0.29) is 0 Å². The van der Waals surface area contributed by atoms with Crippen LogP contribution in [-0.2, 0) is 0 Å². The van der Waals surface area contributed by atoms with E-state index in [0.717, 1.165) is 16.7 Å². The van der Waals surface area contributed by atoms with Gasteiger partial charge >= 0.3 is 0 Å². The Kier molecular flexibility index (Phi) is 5.56. The summed E-state index contributed by atoms with van der Waals surface area (Å²) < 4.78 is 18.1. The Labute approximate surface area is 162 Å². The van der Waals surface area contributed by atoms with Crippen molar-refractivity contribution in [3.63, 3.8) is 0 Å². The lowest BCUT2D eigenvalue weighted by Gasteiger charge is -2.13. The zero-order valence-corrected chi connectivity index (χ0v) is 16.3. The molecule has 0 aliphatic carbocycles. The highest BCUT2D eigenvalue weighted by molar-refractivity contribution is 7.71. The van der Waals surface area contributed by atoms with E-state index in [9.17, 15) is 0 Å². The molecule has 0 bridgehead atoms. The monoisotopic (exact) mass is 384 g/mol. The molecule has 0 saturated heterocycles. The van der Waals surface area contributed by atoms with Gasteiger partial charge in [-0.05, 0) is 36.8 Å². The summed E-state index contributed by atoms with van der Waals surface area (Å²) in [5.41, 5.74) is 2.84. The summed E-state index contributed by atoms with van der Waals surface area (Å²) >= 11 is 5.33. The van der Waals surface area contributed by atoms with E-state index in [2.05, 4.69) is 15.3 Å². The fourth-order valence-electron chi connectivity index (χ4n) is 2.67. The van der Waals surface area contributed by atoms with Crippen LogP contribution in [0.15, 0.2) is 41.5 Å². The van der Waals surface area contributed by atoms with Gasteiger partial charge in [0.1, 0.15) is 0 Å². The fraction of sp³-hybridized carbons (Fsp3) is 0.211. The molecule has 0 atom stereocenters. The fourth-order valence-corrected chi connectivity index (χ4v) is 2.85. The number of benzene rings is 2. The molecule has 1 heterocycles. The number of H-pyrrole nitrogens is 1. The average Bonchev–Trinajstić information content (AvgIpc) is 3.05. The molecular formula is C19H20N4O3S. The molecule has 8 heteroatoms. The Morgan fingerprint density at radius 3 is 2.37 bits per heavy atom. The van der Waals surface area contributed by atoms with E-state index >= 15 is 0 Å². The molecular weight excluding hydrogens is 364 g/mol. The number of nitrogens with one attached hydrogen (secondary N) is 1. The topological polar surface area (TPSA) is 73.7 Å². The molecule has 0 unspecified atom stereocenters. The highest BCUT2D eigenvalue weighted by Gasteiger charge is 2.17. The second-order valence-corrected chi connectivity index (χ2v) is 6.12. The Hall–Kier alpha value is -3.13. The quantitative estimate of drug-likeness (QED) is 0.517. The van der Waals surface area contributed by atoms with Gasteiger partial charge in [0.05, 0.1) is 27.5 Å². The van der Waals surface area contributed by atoms with Crippen LogP contribution in [0.25, 0.3) is 11.4 Å². The zero-order chi connectivity index (χ0) is 19.4. The summed E-state index contributed by atoms with van der Waals surface area (Å²) in [7, 11) is 4.68. The lowest BCUT2D eigenvalue weighted by Crippen LogP contribution is -1.99. The molecule has 0 amide bonds. The van der Waals surface area contributed by atoms with Crippen molar-refractivity contribution in [3.8, 4) is 28.6 Å². The highest BCUT2D eigenvalue weighted by Crippen LogP contribution is 2.40. The molecule has 1 aromatic heterocycles. The number of methoxy groups -OCH3 is 3. The summed E-state index contributed by atoms with van der Waals surface area (Å²) in [6, 6.07) is 11.6. The number of ether oxygens (including phenoxy) is 3. The van der Waals surface area contributed by atoms with Gasteiger partial charge in [-0.3, -0.25) is 0 Å². The minimum absolute atomic E-state index is 0.377. The van der Waals surface area contributed by atoms with Crippen LogP contribution in [0, 0.1) is 11.7 Å². The van der Waals surface area contributed by atoms with Gasteiger partial charge in [0.25, 0.3) is 0 Å². The molecule has 7 nitrogen and oxygen atoms in total. The van der Waals surface area contributed by atoms with Crippen LogP contribution in [0.3, 0.4) is 0 Å². The summed E-state index contributed by atoms with van der Waals surface area (Å²) in [6.07, 6.45) is 1.74. The Balaban J connectivity index is 2.08. The number of nitrogens with zero attached hydrogens (tertiary/aromatic N) is 3. The first-order valence-electron chi connectivity index (χ1n) is 8.16. The minimum atomic E-state index is 0.377. The molecule has 0 aliphatic heterocycles. The van der Waals surface area contributed by atoms with Gasteiger partial charge < -0.3 is 14.2 Å². The highest BCUT2D eigenvalue weighted by atomic mass is 32.1. The smallest absolute Gasteiger partial charge is 0.216 e. The predicted octanol–water partition coefficient (Wildman–Crippen LogP) is 3.82. The van der Waals surface area contributed by atoms with Gasteiger partial charge in [-0.2, -0.15) is 14.9 Å². The molecule has 0 spiro atoms. The molecule has 140 valence electrons. The van der Waals surface area contributed by atoms with Crippen LogP contribution in [0.1, 0.15) is 11.1 Å². The van der Waals surface area contributed by atoms with Crippen molar-refractivity contribution in [1.82, 2.24) is 14.9 Å². The Morgan fingerprint density at radius 2 is 1.78 bits per heavy atom. The largest absolute Gasteiger partial charge is 0.493 e. The van der Waals surface area contributed by atoms with E-state index < -0.39 is 0 Å². The van der Waals surface area contributed by atoms with Crippen LogP contribution in [0.2, 0.25) is 0 Å². The molecule has 3 aromatic rings. The standard InChI is InChI=1S/C19H20N4O3S/c1-12-6-5-7-13(8-12)11-20-23-18(21-22-19(23)27)14-9-15(24-2)17(26-4)16(10-14)25-3/h5-11H,1-4H3,(H,22,27)/b20-11+. The lowest BCUT2D eigenvalue weighted by molar-refractivity contribution is 0.324. The van der Waals surface area contributed by atoms with Crippen LogP contribution < -0.4 is 14.2 Å². The first-order valence-corrected chi connectivity index (χ1v) is 8.57. The molecule has 1 N–H and O–H groups in total. The molecule has 0 fully saturated rings. The Morgan fingerprint density at radius 1 is 1.07 bits per heavy atom. The van der Waals surface area contributed by atoms with E-state index in [0.29, 0.717) is 27.8 Å². The van der Waals surface area contributed by atoms with Gasteiger partial charge in [-0.25, -0.2) is 5.10 Å². The summed E-state index contributed by atoms with van der Waals surface area (Å²) in [4.78, 5) is 0. The van der Waals surface area contributed by atoms with Crippen molar-refractivity contribution >= 4 is 18.4 Å². The van der Waals surface area contributed by atoms with Crippen LogP contribution in [0.5, 0.6) is 17.2 Å². The molecule has 2 aromatic carbocycles. The third kappa shape index (κ3) is 3.85. The summed E-state index contributed by atoms with van der Waals surface area (Å²) in [5, 5.41) is 11.6. The molecule has 3 rings (SSSR count). The van der Waals surface area contributed by atoms with Gasteiger partial charge in [-0.15, -0.1) is 0 Å². The van der Waals surface area contributed by atoms with Crippen molar-refractivity contribution in [2.24, 2.45) is 5.10 Å². The summed E-state index contributed by atoms with van der Waals surface area (Å²) in [6.45, 7) is 2.03. The summed E-state index contributed by atoms with van der Waals surface area (Å²) in [5.74, 6) is 2.08. The van der Waals surface area contributed by atoms with Crippen LogP contribution >= 0.6 is 12.2 Å². The van der Waals surface area contributed by atoms with E-state index in [4.69, 9.17) is 26.4 Å². The normalized spacial score (nSPS) is 11.0. The maximum Gasteiger partial charge on any atom is 0.216 e. The van der Waals surface area contributed by atoms with Gasteiger partial charge in [0.15, 0.2) is 17.3 Å². The van der Waals surface area contributed by atoms with E-state index in [1.165, 1.54) is 0 Å². The molecule has 27 heavy (non-hydrogen) atoms. The van der Waals surface area contributed by atoms with Crippen molar-refractivity contribution < 1.29 is 14.2 Å². The van der Waals surface area contributed by atoms with E-state index in [1.54, 1.807) is 44.4 Å². The van der Waals surface area contributed by atoms with E-state index in [1.807, 2.05) is 31.2 Å². The first-order chi connectivity index (χ1) is 13.1. The number of aromatic nitrogens is 3. The maximum atomic E-state index is 5.41. The van der Waals surface area contributed by atoms with Crippen molar-refractivity contribution in [1.29, 1.82) is 0 Å². The predicted molar refractivity (Wildman–Crippen MR) is 107 cm³/mol. The average molecular weight is 384 g/mol. The molecule has 0 aliphatic rings. The second kappa shape index (κ2) is 8.05. The first kappa shape index (κ1) is 18.7. The number of hydrogen-bond acceptors (Lipinski definition) is 6. The van der Waals surface area contributed by atoms with Crippen LogP contribution in [0.4, 0.5) is 0 Å². The third-order valence-corrected chi connectivity index (χ3v) is 4.20. The lowest BCUT2D eigenvalue weighted by atomic mass is 10.1.